The van der Waals surface area contributed by atoms with E-state index in [0.717, 1.165) is 24.0 Å². The molecule has 0 bridgehead atoms. The van der Waals surface area contributed by atoms with E-state index in [1.165, 1.54) is 17.7 Å². The van der Waals surface area contributed by atoms with Crippen LogP contribution in [0, 0.1) is 0 Å². The van der Waals surface area contributed by atoms with Gasteiger partial charge in [-0.15, -0.1) is 0 Å². The molecule has 0 aliphatic heterocycles. The van der Waals surface area contributed by atoms with Gasteiger partial charge in [0.25, 0.3) is 0 Å². The lowest BCUT2D eigenvalue weighted by Crippen LogP contribution is -2.07. The van der Waals surface area contributed by atoms with E-state index in [0.29, 0.717) is 0 Å². The zero-order valence-corrected chi connectivity index (χ0v) is 20.3. The Kier molecular flexibility index (Phi) is 7.40. The Labute approximate surface area is 198 Å². The SMILES string of the molecule is CC(C)=CCC/C(C)=C/Cc1c(O)c(O)cc2oc3cc(O)c(CC=C(C)C)c(O)c3c(=O)c12. The number of hydrogen-bond acceptors (Lipinski definition) is 6. The van der Waals surface area contributed by atoms with Crippen LogP contribution in [0.2, 0.25) is 0 Å². The van der Waals surface area contributed by atoms with E-state index in [2.05, 4.69) is 6.08 Å². The number of aromatic hydroxyl groups is 4. The molecule has 34 heavy (non-hydrogen) atoms. The van der Waals surface area contributed by atoms with Gasteiger partial charge in [-0.3, -0.25) is 4.79 Å². The largest absolute Gasteiger partial charge is 0.507 e. The molecule has 0 aliphatic rings. The van der Waals surface area contributed by atoms with Crippen LogP contribution in [0.4, 0.5) is 0 Å². The topological polar surface area (TPSA) is 111 Å². The van der Waals surface area contributed by atoms with Crippen LogP contribution in [0.5, 0.6) is 23.0 Å². The van der Waals surface area contributed by atoms with Crippen LogP contribution < -0.4 is 5.43 Å². The molecule has 0 saturated heterocycles. The highest BCUT2D eigenvalue weighted by Crippen LogP contribution is 2.40. The molecule has 0 spiro atoms. The average Bonchev–Trinajstić information content (AvgIpc) is 2.73. The van der Waals surface area contributed by atoms with Gasteiger partial charge in [0.15, 0.2) is 11.5 Å². The minimum Gasteiger partial charge on any atom is -0.507 e. The van der Waals surface area contributed by atoms with Crippen molar-refractivity contribution in [3.05, 3.63) is 68.4 Å². The van der Waals surface area contributed by atoms with Crippen LogP contribution in [-0.4, -0.2) is 20.4 Å². The van der Waals surface area contributed by atoms with E-state index in [1.807, 2.05) is 46.8 Å². The predicted molar refractivity (Wildman–Crippen MR) is 136 cm³/mol. The van der Waals surface area contributed by atoms with Crippen molar-refractivity contribution in [3.63, 3.8) is 0 Å². The van der Waals surface area contributed by atoms with E-state index < -0.39 is 16.9 Å². The van der Waals surface area contributed by atoms with Crippen molar-refractivity contribution in [1.82, 2.24) is 0 Å². The number of benzene rings is 2. The summed E-state index contributed by atoms with van der Waals surface area (Å²) < 4.78 is 5.81. The van der Waals surface area contributed by atoms with Crippen LogP contribution in [-0.2, 0) is 12.8 Å². The summed E-state index contributed by atoms with van der Waals surface area (Å²) in [6.07, 6.45) is 8.05. The van der Waals surface area contributed by atoms with Gasteiger partial charge in [0, 0.05) is 23.3 Å². The maximum absolute atomic E-state index is 13.5. The summed E-state index contributed by atoms with van der Waals surface area (Å²) in [7, 11) is 0. The van der Waals surface area contributed by atoms with Crippen LogP contribution in [0.3, 0.4) is 0 Å². The first kappa shape index (κ1) is 25.0. The first-order chi connectivity index (χ1) is 16.0. The highest BCUT2D eigenvalue weighted by Gasteiger charge is 2.22. The molecule has 0 saturated carbocycles. The molecule has 6 heteroatoms. The fraction of sp³-hybridized carbons (Fsp3) is 0.321. The smallest absolute Gasteiger partial charge is 0.204 e. The van der Waals surface area contributed by atoms with Gasteiger partial charge in [0.1, 0.15) is 28.1 Å². The molecule has 0 fully saturated rings. The van der Waals surface area contributed by atoms with E-state index in [-0.39, 0.29) is 57.4 Å². The van der Waals surface area contributed by atoms with Crippen molar-refractivity contribution in [1.29, 1.82) is 0 Å². The molecule has 0 atom stereocenters. The second-order valence-corrected chi connectivity index (χ2v) is 9.18. The lowest BCUT2D eigenvalue weighted by molar-refractivity contribution is 0.400. The Balaban J connectivity index is 2.21. The van der Waals surface area contributed by atoms with Gasteiger partial charge in [0.05, 0.1) is 5.39 Å². The first-order valence-corrected chi connectivity index (χ1v) is 11.3. The number of hydrogen-bond donors (Lipinski definition) is 4. The maximum atomic E-state index is 13.5. The molecule has 0 unspecified atom stereocenters. The molecule has 6 nitrogen and oxygen atoms in total. The number of phenolic OH excluding ortho intramolecular Hbond substituents is 4. The zero-order chi connectivity index (χ0) is 25.2. The van der Waals surface area contributed by atoms with E-state index >= 15 is 0 Å². The van der Waals surface area contributed by atoms with E-state index in [4.69, 9.17) is 4.42 Å². The first-order valence-electron chi connectivity index (χ1n) is 11.3. The molecule has 0 radical (unpaired) electrons. The second-order valence-electron chi connectivity index (χ2n) is 9.18. The number of allylic oxidation sites excluding steroid dienone is 6. The van der Waals surface area contributed by atoms with Crippen molar-refractivity contribution < 1.29 is 24.8 Å². The van der Waals surface area contributed by atoms with Crippen molar-refractivity contribution >= 4 is 21.9 Å². The molecule has 1 heterocycles. The number of rotatable bonds is 7. The highest BCUT2D eigenvalue weighted by molar-refractivity contribution is 5.97. The van der Waals surface area contributed by atoms with Gasteiger partial charge in [-0.2, -0.15) is 0 Å². The van der Waals surface area contributed by atoms with Gasteiger partial charge in [-0.25, -0.2) is 0 Å². The highest BCUT2D eigenvalue weighted by atomic mass is 16.3. The predicted octanol–water partition coefficient (Wildman–Crippen LogP) is 6.51. The molecule has 0 amide bonds. The summed E-state index contributed by atoms with van der Waals surface area (Å²) in [5.41, 5.74) is 3.30. The normalized spacial score (nSPS) is 11.7. The van der Waals surface area contributed by atoms with Crippen molar-refractivity contribution in [2.75, 3.05) is 0 Å². The van der Waals surface area contributed by atoms with Crippen molar-refractivity contribution in [3.8, 4) is 23.0 Å². The van der Waals surface area contributed by atoms with Crippen LogP contribution in [0.25, 0.3) is 21.9 Å². The Morgan fingerprint density at radius 3 is 2.00 bits per heavy atom. The van der Waals surface area contributed by atoms with Gasteiger partial charge in [-0.1, -0.05) is 34.9 Å². The Hall–Kier alpha value is -3.67. The number of fused-ring (bicyclic) bond motifs is 2. The molecule has 3 aromatic rings. The van der Waals surface area contributed by atoms with Crippen molar-refractivity contribution in [2.45, 2.75) is 60.3 Å². The second kappa shape index (κ2) is 10.1. The van der Waals surface area contributed by atoms with Gasteiger partial charge in [0.2, 0.25) is 5.43 Å². The average molecular weight is 465 g/mol. The summed E-state index contributed by atoms with van der Waals surface area (Å²) >= 11 is 0. The zero-order valence-electron chi connectivity index (χ0n) is 20.3. The summed E-state index contributed by atoms with van der Waals surface area (Å²) in [4.78, 5) is 13.5. The lowest BCUT2D eigenvalue weighted by atomic mass is 9.98. The Morgan fingerprint density at radius 1 is 0.765 bits per heavy atom. The monoisotopic (exact) mass is 464 g/mol. The van der Waals surface area contributed by atoms with Gasteiger partial charge in [-0.05, 0) is 60.3 Å². The molecule has 2 aromatic carbocycles. The summed E-state index contributed by atoms with van der Waals surface area (Å²) in [6, 6.07) is 2.46. The Bertz CT molecular complexity index is 1390. The van der Waals surface area contributed by atoms with Crippen molar-refractivity contribution in [2.24, 2.45) is 0 Å². The summed E-state index contributed by atoms with van der Waals surface area (Å²) in [6.45, 7) is 9.85. The molecule has 0 aliphatic carbocycles. The standard InChI is InChI=1S/C28H32O6/c1-15(2)7-6-8-17(5)10-12-19-24-22(14-21(30)26(19)31)34-23-13-20(29)18(11-9-16(3)4)27(32)25(23)28(24)33/h7,9-10,13-14,29-32H,6,8,11-12H2,1-5H3/b17-10+. The lowest BCUT2D eigenvalue weighted by Gasteiger charge is -2.13. The quantitative estimate of drug-likeness (QED) is 0.180. The van der Waals surface area contributed by atoms with Crippen LogP contribution in [0.15, 0.2) is 56.3 Å². The molecule has 180 valence electrons. The molecule has 1 aromatic heterocycles. The molecule has 4 N–H and O–H groups in total. The summed E-state index contributed by atoms with van der Waals surface area (Å²) in [5, 5.41) is 42.2. The third-order valence-corrected chi connectivity index (χ3v) is 5.82. The van der Waals surface area contributed by atoms with E-state index in [1.54, 1.807) is 0 Å². The Morgan fingerprint density at radius 2 is 1.35 bits per heavy atom. The minimum absolute atomic E-state index is 0.00191. The van der Waals surface area contributed by atoms with Crippen LogP contribution in [0.1, 0.15) is 58.6 Å². The third-order valence-electron chi connectivity index (χ3n) is 5.82. The van der Waals surface area contributed by atoms with Gasteiger partial charge >= 0.3 is 0 Å². The fourth-order valence-electron chi connectivity index (χ4n) is 3.90. The number of phenols is 4. The van der Waals surface area contributed by atoms with Crippen LogP contribution >= 0.6 is 0 Å². The van der Waals surface area contributed by atoms with Gasteiger partial charge < -0.3 is 24.8 Å². The third kappa shape index (κ3) is 5.11. The molecular formula is C28H32O6. The minimum atomic E-state index is -0.534. The summed E-state index contributed by atoms with van der Waals surface area (Å²) in [5.74, 6) is -1.34. The van der Waals surface area contributed by atoms with E-state index in [9.17, 15) is 25.2 Å². The fourth-order valence-corrected chi connectivity index (χ4v) is 3.90. The maximum Gasteiger partial charge on any atom is 0.204 e. The molecular weight excluding hydrogens is 432 g/mol. The molecule has 3 rings (SSSR count).